The van der Waals surface area contributed by atoms with Crippen LogP contribution >= 0.6 is 0 Å². The maximum atomic E-state index is 12.1. The highest BCUT2D eigenvalue weighted by Gasteiger charge is 2.28. The molecule has 1 aromatic carbocycles. The minimum absolute atomic E-state index is 0.390. The summed E-state index contributed by atoms with van der Waals surface area (Å²) in [5.74, 6) is -0.951. The number of carbonyl (C=O) groups is 2. The van der Waals surface area contributed by atoms with Gasteiger partial charge in [0.25, 0.3) is 0 Å². The highest BCUT2D eigenvalue weighted by molar-refractivity contribution is 6.35. The van der Waals surface area contributed by atoms with Crippen LogP contribution in [0.5, 0.6) is 0 Å². The van der Waals surface area contributed by atoms with Crippen molar-refractivity contribution >= 4 is 17.5 Å². The fourth-order valence-electron chi connectivity index (χ4n) is 2.34. The van der Waals surface area contributed by atoms with Crippen molar-refractivity contribution in [2.24, 2.45) is 0 Å². The van der Waals surface area contributed by atoms with Crippen LogP contribution in [0.4, 0.5) is 5.69 Å². The van der Waals surface area contributed by atoms with Gasteiger partial charge in [0.05, 0.1) is 0 Å². The van der Waals surface area contributed by atoms with Crippen molar-refractivity contribution < 1.29 is 9.59 Å². The second kappa shape index (κ2) is 6.16. The molecule has 1 aliphatic rings. The van der Waals surface area contributed by atoms with Gasteiger partial charge in [-0.05, 0) is 32.9 Å². The second-order valence-corrected chi connectivity index (χ2v) is 6.32. The third-order valence-electron chi connectivity index (χ3n) is 3.37. The van der Waals surface area contributed by atoms with Gasteiger partial charge in [-0.1, -0.05) is 18.2 Å². The third-order valence-corrected chi connectivity index (χ3v) is 3.37. The molecule has 0 bridgehead atoms. The van der Waals surface area contributed by atoms with Crippen molar-refractivity contribution in [2.75, 3.05) is 31.1 Å². The molecule has 1 fully saturated rings. The van der Waals surface area contributed by atoms with E-state index in [1.165, 1.54) is 0 Å². The van der Waals surface area contributed by atoms with E-state index in [0.717, 1.165) is 18.8 Å². The van der Waals surface area contributed by atoms with Crippen molar-refractivity contribution in [1.82, 2.24) is 10.2 Å². The molecule has 2 amide bonds. The molecular formula is C16H23N3O2. The number of anilines is 1. The van der Waals surface area contributed by atoms with E-state index in [-0.39, 0.29) is 0 Å². The smallest absolute Gasteiger partial charge is 0.312 e. The van der Waals surface area contributed by atoms with Gasteiger partial charge in [-0.3, -0.25) is 9.59 Å². The summed E-state index contributed by atoms with van der Waals surface area (Å²) in [6.07, 6.45) is 0. The Kier molecular flexibility index (Phi) is 4.50. The number of hydrogen-bond acceptors (Lipinski definition) is 3. The number of hydrogen-bond donors (Lipinski definition) is 1. The molecule has 2 rings (SSSR count). The summed E-state index contributed by atoms with van der Waals surface area (Å²) in [6.45, 7) is 8.25. The zero-order valence-electron chi connectivity index (χ0n) is 12.9. The summed E-state index contributed by atoms with van der Waals surface area (Å²) >= 11 is 0. The van der Waals surface area contributed by atoms with Crippen LogP contribution < -0.4 is 10.2 Å². The summed E-state index contributed by atoms with van der Waals surface area (Å²) in [4.78, 5) is 27.9. The number of amides is 2. The Hall–Kier alpha value is -2.04. The monoisotopic (exact) mass is 289 g/mol. The van der Waals surface area contributed by atoms with Crippen LogP contribution in [0.2, 0.25) is 0 Å². The molecule has 0 saturated carbocycles. The lowest BCUT2D eigenvalue weighted by Crippen LogP contribution is -2.55. The maximum absolute atomic E-state index is 12.1. The predicted molar refractivity (Wildman–Crippen MR) is 83.1 cm³/mol. The van der Waals surface area contributed by atoms with Crippen LogP contribution in [-0.4, -0.2) is 48.4 Å². The largest absolute Gasteiger partial charge is 0.368 e. The Morgan fingerprint density at radius 3 is 2.10 bits per heavy atom. The first-order valence-electron chi connectivity index (χ1n) is 7.28. The Bertz CT molecular complexity index is 500. The molecule has 0 aromatic heterocycles. The minimum atomic E-state index is -0.518. The van der Waals surface area contributed by atoms with Gasteiger partial charge < -0.3 is 15.1 Å². The van der Waals surface area contributed by atoms with Crippen molar-refractivity contribution in [3.05, 3.63) is 30.3 Å². The molecule has 0 aliphatic carbocycles. The average Bonchev–Trinajstić information content (AvgIpc) is 2.46. The predicted octanol–water partition coefficient (Wildman–Crippen LogP) is 1.25. The van der Waals surface area contributed by atoms with E-state index in [1.54, 1.807) is 4.90 Å². The average molecular weight is 289 g/mol. The van der Waals surface area contributed by atoms with Gasteiger partial charge in [0, 0.05) is 37.4 Å². The van der Waals surface area contributed by atoms with E-state index in [4.69, 9.17) is 0 Å². The highest BCUT2D eigenvalue weighted by atomic mass is 16.2. The molecule has 1 aliphatic heterocycles. The SMILES string of the molecule is CC(C)(C)NC(=O)C(=O)N1CCN(c2ccccc2)CC1. The van der Waals surface area contributed by atoms with Gasteiger partial charge in [-0.2, -0.15) is 0 Å². The number of nitrogens with one attached hydrogen (secondary N) is 1. The Morgan fingerprint density at radius 1 is 1.00 bits per heavy atom. The topological polar surface area (TPSA) is 52.7 Å². The molecule has 1 saturated heterocycles. The number of piperazine rings is 1. The lowest BCUT2D eigenvalue weighted by Gasteiger charge is -2.36. The number of benzene rings is 1. The van der Waals surface area contributed by atoms with Gasteiger partial charge >= 0.3 is 11.8 Å². The lowest BCUT2D eigenvalue weighted by atomic mass is 10.1. The van der Waals surface area contributed by atoms with E-state index in [9.17, 15) is 9.59 Å². The van der Waals surface area contributed by atoms with Gasteiger partial charge in [0.15, 0.2) is 0 Å². The molecule has 0 atom stereocenters. The standard InChI is InChI=1S/C16H23N3O2/c1-16(2,3)17-14(20)15(21)19-11-9-18(10-12-19)13-7-5-4-6-8-13/h4-8H,9-12H2,1-3H3,(H,17,20). The summed E-state index contributed by atoms with van der Waals surface area (Å²) in [6, 6.07) is 10.1. The van der Waals surface area contributed by atoms with Crippen molar-refractivity contribution in [2.45, 2.75) is 26.3 Å². The summed E-state index contributed by atoms with van der Waals surface area (Å²) in [7, 11) is 0. The summed E-state index contributed by atoms with van der Waals surface area (Å²) < 4.78 is 0. The summed E-state index contributed by atoms with van der Waals surface area (Å²) in [5.41, 5.74) is 0.766. The number of rotatable bonds is 1. The van der Waals surface area contributed by atoms with Crippen LogP contribution in [0.25, 0.3) is 0 Å². The molecule has 0 spiro atoms. The Labute approximate surface area is 125 Å². The van der Waals surface area contributed by atoms with Gasteiger partial charge in [0.2, 0.25) is 0 Å². The van der Waals surface area contributed by atoms with E-state index >= 15 is 0 Å². The van der Waals surface area contributed by atoms with Crippen molar-refractivity contribution in [3.8, 4) is 0 Å². The van der Waals surface area contributed by atoms with Crippen molar-refractivity contribution in [3.63, 3.8) is 0 Å². The molecule has 1 N–H and O–H groups in total. The first kappa shape index (κ1) is 15.4. The van der Waals surface area contributed by atoms with Gasteiger partial charge in [-0.15, -0.1) is 0 Å². The fraction of sp³-hybridized carbons (Fsp3) is 0.500. The maximum Gasteiger partial charge on any atom is 0.312 e. The molecule has 0 radical (unpaired) electrons. The van der Waals surface area contributed by atoms with Crippen LogP contribution in [0.15, 0.2) is 30.3 Å². The lowest BCUT2D eigenvalue weighted by molar-refractivity contribution is -0.146. The molecule has 5 heteroatoms. The number of carbonyl (C=O) groups excluding carboxylic acids is 2. The quantitative estimate of drug-likeness (QED) is 0.792. The van der Waals surface area contributed by atoms with Gasteiger partial charge in [-0.25, -0.2) is 0 Å². The zero-order chi connectivity index (χ0) is 15.5. The van der Waals surface area contributed by atoms with Gasteiger partial charge in [0.1, 0.15) is 0 Å². The normalized spacial score (nSPS) is 15.8. The van der Waals surface area contributed by atoms with E-state index in [1.807, 2.05) is 39.0 Å². The third kappa shape index (κ3) is 4.21. The van der Waals surface area contributed by atoms with Crippen LogP contribution in [0.1, 0.15) is 20.8 Å². The number of para-hydroxylation sites is 1. The molecule has 114 valence electrons. The van der Waals surface area contributed by atoms with Crippen molar-refractivity contribution in [1.29, 1.82) is 0 Å². The second-order valence-electron chi connectivity index (χ2n) is 6.32. The molecular weight excluding hydrogens is 266 g/mol. The molecule has 5 nitrogen and oxygen atoms in total. The first-order chi connectivity index (χ1) is 9.87. The number of nitrogens with zero attached hydrogens (tertiary/aromatic N) is 2. The minimum Gasteiger partial charge on any atom is -0.368 e. The van der Waals surface area contributed by atoms with E-state index in [2.05, 4.69) is 22.3 Å². The molecule has 1 aromatic rings. The zero-order valence-corrected chi connectivity index (χ0v) is 12.9. The van der Waals surface area contributed by atoms with E-state index in [0.29, 0.717) is 13.1 Å². The van der Waals surface area contributed by atoms with Crippen LogP contribution in [0.3, 0.4) is 0 Å². The Balaban J connectivity index is 1.89. The first-order valence-corrected chi connectivity index (χ1v) is 7.28. The van der Waals surface area contributed by atoms with Crippen LogP contribution in [0, 0.1) is 0 Å². The fourth-order valence-corrected chi connectivity index (χ4v) is 2.34. The van der Waals surface area contributed by atoms with Crippen LogP contribution in [-0.2, 0) is 9.59 Å². The van der Waals surface area contributed by atoms with E-state index < -0.39 is 17.4 Å². The molecule has 21 heavy (non-hydrogen) atoms. The Morgan fingerprint density at radius 2 is 1.57 bits per heavy atom. The summed E-state index contributed by atoms with van der Waals surface area (Å²) in [5, 5.41) is 2.72. The molecule has 1 heterocycles. The highest BCUT2D eigenvalue weighted by Crippen LogP contribution is 2.15. The molecule has 0 unspecified atom stereocenters.